The number of fused-ring (bicyclic) bond motifs is 3. The molecule has 3 rings (SSSR count). The molecule has 2 aliphatic rings. The van der Waals surface area contributed by atoms with Crippen LogP contribution in [0.25, 0.3) is 0 Å². The van der Waals surface area contributed by atoms with E-state index in [1.54, 1.807) is 24.0 Å². The Balaban J connectivity index is 2.08. The van der Waals surface area contributed by atoms with Gasteiger partial charge in [0, 0.05) is 26.1 Å². The Kier molecular flexibility index (Phi) is 5.81. The van der Waals surface area contributed by atoms with Crippen LogP contribution in [-0.2, 0) is 21.6 Å². The van der Waals surface area contributed by atoms with E-state index in [4.69, 9.17) is 19.9 Å². The molecule has 0 aliphatic carbocycles. The molecule has 0 saturated carbocycles. The second-order valence-corrected chi connectivity index (χ2v) is 7.94. The van der Waals surface area contributed by atoms with Crippen LogP contribution in [0.3, 0.4) is 0 Å². The van der Waals surface area contributed by atoms with Crippen LogP contribution < -0.4 is 15.2 Å². The third kappa shape index (κ3) is 3.27. The zero-order valence-corrected chi connectivity index (χ0v) is 17.2. The molecule has 5 N–H and O–H groups in total. The Morgan fingerprint density at radius 2 is 1.90 bits per heavy atom. The number of aliphatic carboxylic acids is 1. The van der Waals surface area contributed by atoms with E-state index in [-0.39, 0.29) is 6.42 Å². The highest BCUT2D eigenvalue weighted by molar-refractivity contribution is 5.69. The van der Waals surface area contributed by atoms with Gasteiger partial charge in [-0.2, -0.15) is 0 Å². The predicted molar refractivity (Wildman–Crippen MR) is 104 cm³/mol. The minimum Gasteiger partial charge on any atom is -0.493 e. The van der Waals surface area contributed by atoms with Gasteiger partial charge in [0.1, 0.15) is 6.10 Å². The highest BCUT2D eigenvalue weighted by atomic mass is 16.6. The van der Waals surface area contributed by atoms with Gasteiger partial charge < -0.3 is 35.3 Å². The highest BCUT2D eigenvalue weighted by Crippen LogP contribution is 2.49. The largest absolute Gasteiger partial charge is 0.493 e. The predicted octanol–water partition coefficient (Wildman–Crippen LogP) is 0.110. The molecule has 4 unspecified atom stereocenters. The fourth-order valence-electron chi connectivity index (χ4n) is 4.79. The molecule has 1 saturated heterocycles. The van der Waals surface area contributed by atoms with Crippen molar-refractivity contribution in [1.82, 2.24) is 4.90 Å². The molecule has 0 amide bonds. The van der Waals surface area contributed by atoms with Gasteiger partial charge in [-0.3, -0.25) is 9.69 Å². The number of carboxylic acids is 1. The van der Waals surface area contributed by atoms with Crippen molar-refractivity contribution in [2.45, 2.75) is 37.3 Å². The van der Waals surface area contributed by atoms with Crippen molar-refractivity contribution >= 4 is 5.97 Å². The lowest BCUT2D eigenvalue weighted by atomic mass is 9.71. The number of hydrogen-bond donors (Lipinski definition) is 4. The van der Waals surface area contributed by atoms with Crippen LogP contribution >= 0.6 is 0 Å². The maximum atomic E-state index is 11.3. The van der Waals surface area contributed by atoms with Crippen molar-refractivity contribution in [2.75, 3.05) is 34.4 Å². The van der Waals surface area contributed by atoms with Gasteiger partial charge >= 0.3 is 5.97 Å². The smallest absolute Gasteiger partial charge is 0.306 e. The number of hydrogen-bond acceptors (Lipinski definition) is 8. The molecule has 1 aromatic rings. The monoisotopic (exact) mass is 410 g/mol. The van der Waals surface area contributed by atoms with Gasteiger partial charge in [0.05, 0.1) is 20.1 Å². The fraction of sp³-hybridized carbons (Fsp3) is 0.650. The highest BCUT2D eigenvalue weighted by Gasteiger charge is 2.64. The van der Waals surface area contributed by atoms with E-state index >= 15 is 0 Å². The van der Waals surface area contributed by atoms with Crippen LogP contribution in [0, 0.1) is 11.8 Å². The van der Waals surface area contributed by atoms with Crippen LogP contribution in [0.2, 0.25) is 0 Å². The average Bonchev–Trinajstić information content (AvgIpc) is 2.68. The van der Waals surface area contributed by atoms with Crippen molar-refractivity contribution in [1.29, 1.82) is 0 Å². The number of piperidine rings is 1. The van der Waals surface area contributed by atoms with Gasteiger partial charge in [-0.25, -0.2) is 0 Å². The number of aliphatic hydroxyl groups is 2. The van der Waals surface area contributed by atoms with Crippen LogP contribution in [-0.4, -0.2) is 72.5 Å². The first-order chi connectivity index (χ1) is 13.6. The molecule has 2 heterocycles. The molecule has 1 fully saturated rings. The number of nitrogens with two attached hydrogens (primary N) is 1. The van der Waals surface area contributed by atoms with Crippen LogP contribution in [0.15, 0.2) is 12.1 Å². The third-order valence-electron chi connectivity index (χ3n) is 6.34. The summed E-state index contributed by atoms with van der Waals surface area (Å²) in [6.45, 7) is 2.46. The first-order valence-corrected chi connectivity index (χ1v) is 9.61. The van der Waals surface area contributed by atoms with Crippen molar-refractivity contribution in [2.24, 2.45) is 17.6 Å². The molecule has 9 nitrogen and oxygen atoms in total. The number of carboxylic acid groups (broad SMARTS) is 1. The van der Waals surface area contributed by atoms with Crippen molar-refractivity contribution in [3.05, 3.63) is 23.3 Å². The summed E-state index contributed by atoms with van der Waals surface area (Å²) in [4.78, 5) is 13.1. The molecule has 0 spiro atoms. The standard InChI is InChI=1S/C20H30N2O7/c1-11(18(23)24)7-13-10-22-6-5-12-8-15(27-2)16(28-3)9-14(12)19(22,21)20(25,26)17(13)29-4/h8-9,11,13,17,25-26H,5-7,10,21H2,1-4H3,(H,23,24). The lowest BCUT2D eigenvalue weighted by Gasteiger charge is -2.59. The van der Waals surface area contributed by atoms with Crippen molar-refractivity contribution < 1.29 is 34.3 Å². The molecule has 162 valence electrons. The van der Waals surface area contributed by atoms with E-state index in [1.807, 2.05) is 0 Å². The molecule has 0 radical (unpaired) electrons. The molecule has 0 bridgehead atoms. The number of nitrogens with zero attached hydrogens (tertiary/aromatic N) is 1. The molecular weight excluding hydrogens is 380 g/mol. The summed E-state index contributed by atoms with van der Waals surface area (Å²) in [6.07, 6.45) is -0.198. The van der Waals surface area contributed by atoms with Crippen LogP contribution in [0.1, 0.15) is 24.5 Å². The molecule has 29 heavy (non-hydrogen) atoms. The van der Waals surface area contributed by atoms with E-state index in [0.29, 0.717) is 36.6 Å². The zero-order chi connectivity index (χ0) is 21.6. The summed E-state index contributed by atoms with van der Waals surface area (Å²) in [6, 6.07) is 3.48. The van der Waals surface area contributed by atoms with Crippen molar-refractivity contribution in [3.8, 4) is 11.5 Å². The van der Waals surface area contributed by atoms with E-state index in [2.05, 4.69) is 0 Å². The van der Waals surface area contributed by atoms with Crippen LogP contribution in [0.5, 0.6) is 11.5 Å². The first-order valence-electron chi connectivity index (χ1n) is 9.61. The molecule has 2 aliphatic heterocycles. The number of benzene rings is 1. The summed E-state index contributed by atoms with van der Waals surface area (Å²) in [5, 5.41) is 31.9. The summed E-state index contributed by atoms with van der Waals surface area (Å²) < 4.78 is 16.2. The molecule has 4 atom stereocenters. The maximum absolute atomic E-state index is 11.3. The molecule has 9 heteroatoms. The molecular formula is C20H30N2O7. The van der Waals surface area contributed by atoms with Gasteiger partial charge in [0.15, 0.2) is 17.2 Å². The lowest BCUT2D eigenvalue weighted by molar-refractivity contribution is -0.339. The number of methoxy groups -OCH3 is 3. The quantitative estimate of drug-likeness (QED) is 0.482. The summed E-state index contributed by atoms with van der Waals surface area (Å²) in [5.41, 5.74) is 6.43. The van der Waals surface area contributed by atoms with E-state index < -0.39 is 35.4 Å². The lowest BCUT2D eigenvalue weighted by Crippen LogP contribution is -2.78. The first kappa shape index (κ1) is 21.8. The van der Waals surface area contributed by atoms with Gasteiger partial charge in [-0.05, 0) is 36.1 Å². The zero-order valence-electron chi connectivity index (χ0n) is 17.2. The van der Waals surface area contributed by atoms with Crippen LogP contribution in [0.4, 0.5) is 0 Å². The summed E-state index contributed by atoms with van der Waals surface area (Å²) in [7, 11) is 4.42. The Hall–Kier alpha value is -1.91. The Morgan fingerprint density at radius 1 is 1.28 bits per heavy atom. The summed E-state index contributed by atoms with van der Waals surface area (Å²) >= 11 is 0. The minimum absolute atomic E-state index is 0.238. The topological polar surface area (TPSA) is 135 Å². The van der Waals surface area contributed by atoms with Gasteiger partial charge in [-0.1, -0.05) is 6.92 Å². The molecule has 1 aromatic carbocycles. The normalized spacial score (nSPS) is 29.5. The average molecular weight is 410 g/mol. The minimum atomic E-state index is -2.46. The second-order valence-electron chi connectivity index (χ2n) is 7.94. The van der Waals surface area contributed by atoms with E-state index in [1.165, 1.54) is 21.3 Å². The number of carbonyl (C=O) groups is 1. The SMILES string of the molecule is COc1cc2c(cc1OC)C1(N)N(CC2)CC(CC(C)C(=O)O)C(OC)C1(O)O. The Morgan fingerprint density at radius 3 is 2.45 bits per heavy atom. The second kappa shape index (κ2) is 7.73. The number of ether oxygens (including phenoxy) is 3. The van der Waals surface area contributed by atoms with E-state index in [0.717, 1.165) is 5.56 Å². The molecule has 0 aromatic heterocycles. The van der Waals surface area contributed by atoms with Gasteiger partial charge in [-0.15, -0.1) is 0 Å². The maximum Gasteiger partial charge on any atom is 0.306 e. The third-order valence-corrected chi connectivity index (χ3v) is 6.34. The van der Waals surface area contributed by atoms with Gasteiger partial charge in [0.25, 0.3) is 0 Å². The fourth-order valence-corrected chi connectivity index (χ4v) is 4.79. The Bertz CT molecular complexity index is 784. The van der Waals surface area contributed by atoms with Gasteiger partial charge in [0.2, 0.25) is 5.79 Å². The van der Waals surface area contributed by atoms with E-state index in [9.17, 15) is 20.1 Å². The Labute approximate surface area is 170 Å². The summed E-state index contributed by atoms with van der Waals surface area (Å²) in [5.74, 6) is -3.50. The number of rotatable bonds is 6. The van der Waals surface area contributed by atoms with Crippen molar-refractivity contribution in [3.63, 3.8) is 0 Å².